The first kappa shape index (κ1) is 19.7. The maximum Gasteiger partial charge on any atom is 0.246 e. The van der Waals surface area contributed by atoms with Crippen molar-refractivity contribution in [1.29, 1.82) is 0 Å². The fraction of sp³-hybridized carbons (Fsp3) is 0.350. The molecule has 0 radical (unpaired) electrons. The molecule has 0 atom stereocenters. The van der Waals surface area contributed by atoms with Crippen LogP contribution in [0.4, 0.5) is 5.69 Å². The van der Waals surface area contributed by atoms with Crippen LogP contribution < -0.4 is 4.90 Å². The minimum absolute atomic E-state index is 0.0587. The fourth-order valence-electron chi connectivity index (χ4n) is 3.99. The number of anilines is 1. The van der Waals surface area contributed by atoms with E-state index in [1.54, 1.807) is 6.07 Å². The van der Waals surface area contributed by atoms with Crippen LogP contribution in [0.1, 0.15) is 18.4 Å². The molecule has 1 saturated heterocycles. The van der Waals surface area contributed by atoms with Crippen molar-refractivity contribution >= 4 is 44.8 Å². The summed E-state index contributed by atoms with van der Waals surface area (Å²) in [6.45, 7) is 1.23. The van der Waals surface area contributed by atoms with Gasteiger partial charge in [-0.1, -0.05) is 47.5 Å². The summed E-state index contributed by atoms with van der Waals surface area (Å²) < 4.78 is 27.4. The number of amides is 1. The van der Waals surface area contributed by atoms with Crippen molar-refractivity contribution in [1.82, 2.24) is 4.31 Å². The molecular formula is C20H20Cl2N2O3S. The Hall–Kier alpha value is -1.60. The van der Waals surface area contributed by atoms with Crippen LogP contribution in [0.25, 0.3) is 0 Å². The lowest BCUT2D eigenvalue weighted by atomic mass is 9.96. The molecule has 2 aliphatic rings. The predicted molar refractivity (Wildman–Crippen MR) is 110 cm³/mol. The highest BCUT2D eigenvalue weighted by Gasteiger charge is 2.37. The maximum absolute atomic E-state index is 13.0. The highest BCUT2D eigenvalue weighted by molar-refractivity contribution is 7.89. The van der Waals surface area contributed by atoms with E-state index in [-0.39, 0.29) is 39.9 Å². The van der Waals surface area contributed by atoms with Gasteiger partial charge in [0, 0.05) is 31.2 Å². The smallest absolute Gasteiger partial charge is 0.246 e. The number of nitrogens with zero attached hydrogens (tertiary/aromatic N) is 2. The van der Waals surface area contributed by atoms with Crippen LogP contribution >= 0.6 is 23.2 Å². The number of piperidine rings is 1. The van der Waals surface area contributed by atoms with Crippen molar-refractivity contribution in [3.8, 4) is 0 Å². The van der Waals surface area contributed by atoms with Crippen molar-refractivity contribution in [2.45, 2.75) is 24.2 Å². The summed E-state index contributed by atoms with van der Waals surface area (Å²) in [4.78, 5) is 14.8. The standard InChI is InChI=1S/C20H20Cl2N2O3S/c21-16-5-3-6-17(22)19(16)28(26,27)23-11-8-15(9-12-23)20(25)24-13-10-14-4-1-2-7-18(14)24/h1-7,15H,8-13H2. The summed E-state index contributed by atoms with van der Waals surface area (Å²) in [6.07, 6.45) is 1.83. The molecule has 28 heavy (non-hydrogen) atoms. The molecule has 0 N–H and O–H groups in total. The van der Waals surface area contributed by atoms with Crippen molar-refractivity contribution in [3.05, 3.63) is 58.1 Å². The molecule has 8 heteroatoms. The Kier molecular flexibility index (Phi) is 5.40. The van der Waals surface area contributed by atoms with Crippen LogP contribution in [0.5, 0.6) is 0 Å². The van der Waals surface area contributed by atoms with E-state index in [1.165, 1.54) is 22.0 Å². The number of halogens is 2. The third kappa shape index (κ3) is 3.43. The Labute approximate surface area is 174 Å². The van der Waals surface area contributed by atoms with E-state index in [1.807, 2.05) is 29.2 Å². The molecule has 1 fully saturated rings. The molecular weight excluding hydrogens is 419 g/mol. The molecule has 0 bridgehead atoms. The minimum atomic E-state index is -3.80. The van der Waals surface area contributed by atoms with Gasteiger partial charge in [0.05, 0.1) is 10.0 Å². The molecule has 4 rings (SSSR count). The number of carbonyl (C=O) groups excluding carboxylic acids is 1. The van der Waals surface area contributed by atoms with E-state index in [0.29, 0.717) is 19.4 Å². The van der Waals surface area contributed by atoms with Gasteiger partial charge in [0.2, 0.25) is 15.9 Å². The van der Waals surface area contributed by atoms with Gasteiger partial charge in [-0.15, -0.1) is 0 Å². The van der Waals surface area contributed by atoms with E-state index in [2.05, 4.69) is 0 Å². The van der Waals surface area contributed by atoms with E-state index in [9.17, 15) is 13.2 Å². The second-order valence-electron chi connectivity index (χ2n) is 7.10. The van der Waals surface area contributed by atoms with Crippen molar-refractivity contribution in [2.24, 2.45) is 5.92 Å². The maximum atomic E-state index is 13.0. The lowest BCUT2D eigenvalue weighted by Crippen LogP contribution is -2.44. The monoisotopic (exact) mass is 438 g/mol. The highest BCUT2D eigenvalue weighted by atomic mass is 35.5. The molecule has 0 aromatic heterocycles. The second-order valence-corrected chi connectivity index (χ2v) is 9.79. The zero-order valence-corrected chi connectivity index (χ0v) is 17.5. The summed E-state index contributed by atoms with van der Waals surface area (Å²) in [5.41, 5.74) is 2.16. The Morgan fingerprint density at radius 3 is 2.25 bits per heavy atom. The molecule has 2 heterocycles. The van der Waals surface area contributed by atoms with Gasteiger partial charge < -0.3 is 4.90 Å². The zero-order valence-electron chi connectivity index (χ0n) is 15.1. The number of para-hydroxylation sites is 1. The van der Waals surface area contributed by atoms with Gasteiger partial charge in [0.25, 0.3) is 0 Å². The summed E-state index contributed by atoms with van der Waals surface area (Å²) in [5.74, 6) is -0.0999. The summed E-state index contributed by atoms with van der Waals surface area (Å²) in [7, 11) is -3.80. The minimum Gasteiger partial charge on any atom is -0.312 e. The summed E-state index contributed by atoms with van der Waals surface area (Å²) in [5, 5.41) is 0.221. The Morgan fingerprint density at radius 1 is 0.929 bits per heavy atom. The number of carbonyl (C=O) groups is 1. The summed E-state index contributed by atoms with van der Waals surface area (Å²) >= 11 is 12.2. The van der Waals surface area contributed by atoms with E-state index in [4.69, 9.17) is 23.2 Å². The molecule has 2 aliphatic heterocycles. The lowest BCUT2D eigenvalue weighted by Gasteiger charge is -2.33. The molecule has 0 saturated carbocycles. The Bertz CT molecular complexity index is 998. The van der Waals surface area contributed by atoms with Gasteiger partial charge in [-0.05, 0) is 43.0 Å². The van der Waals surface area contributed by atoms with Crippen LogP contribution in [0.15, 0.2) is 47.4 Å². The Morgan fingerprint density at radius 2 is 1.57 bits per heavy atom. The highest BCUT2D eigenvalue weighted by Crippen LogP contribution is 2.35. The van der Waals surface area contributed by atoms with Crippen LogP contribution in [-0.4, -0.2) is 38.3 Å². The molecule has 1 amide bonds. The number of rotatable bonds is 3. The van der Waals surface area contributed by atoms with E-state index < -0.39 is 10.0 Å². The summed E-state index contributed by atoms with van der Waals surface area (Å²) in [6, 6.07) is 12.6. The Balaban J connectivity index is 1.47. The predicted octanol–water partition coefficient (Wildman–Crippen LogP) is 3.98. The lowest BCUT2D eigenvalue weighted by molar-refractivity contribution is -0.123. The SMILES string of the molecule is O=C(C1CCN(S(=O)(=O)c2c(Cl)cccc2Cl)CC1)N1CCc2ccccc21. The number of hydrogen-bond donors (Lipinski definition) is 0. The first-order valence-electron chi connectivity index (χ1n) is 9.23. The number of benzene rings is 2. The molecule has 5 nitrogen and oxygen atoms in total. The van der Waals surface area contributed by atoms with Gasteiger partial charge in [-0.3, -0.25) is 4.79 Å². The van der Waals surface area contributed by atoms with Crippen molar-refractivity contribution < 1.29 is 13.2 Å². The number of fused-ring (bicyclic) bond motifs is 1. The normalized spacial score (nSPS) is 18.3. The van der Waals surface area contributed by atoms with Crippen LogP contribution in [0.2, 0.25) is 10.0 Å². The van der Waals surface area contributed by atoms with Gasteiger partial charge >= 0.3 is 0 Å². The molecule has 2 aromatic rings. The first-order valence-corrected chi connectivity index (χ1v) is 11.4. The average Bonchev–Trinajstić information content (AvgIpc) is 3.11. The number of sulfonamides is 1. The molecule has 0 spiro atoms. The topological polar surface area (TPSA) is 57.7 Å². The van der Waals surface area contributed by atoms with Crippen LogP contribution in [-0.2, 0) is 21.2 Å². The first-order chi connectivity index (χ1) is 13.4. The van der Waals surface area contributed by atoms with Crippen molar-refractivity contribution in [3.63, 3.8) is 0 Å². The molecule has 2 aromatic carbocycles. The second kappa shape index (κ2) is 7.67. The van der Waals surface area contributed by atoms with Crippen molar-refractivity contribution in [2.75, 3.05) is 24.5 Å². The quantitative estimate of drug-likeness (QED) is 0.727. The third-order valence-corrected chi connectivity index (χ3v) is 8.33. The van der Waals surface area contributed by atoms with Gasteiger partial charge in [0.15, 0.2) is 0 Å². The van der Waals surface area contributed by atoms with Gasteiger partial charge in [-0.2, -0.15) is 4.31 Å². The average molecular weight is 439 g/mol. The molecule has 0 aliphatic carbocycles. The van der Waals surface area contributed by atoms with Crippen LogP contribution in [0.3, 0.4) is 0 Å². The largest absolute Gasteiger partial charge is 0.312 e. The van der Waals surface area contributed by atoms with E-state index >= 15 is 0 Å². The third-order valence-electron chi connectivity index (χ3n) is 5.47. The number of hydrogen-bond acceptors (Lipinski definition) is 3. The fourth-order valence-corrected chi connectivity index (χ4v) is 6.55. The van der Waals surface area contributed by atoms with Gasteiger partial charge in [0.1, 0.15) is 4.90 Å². The van der Waals surface area contributed by atoms with E-state index in [0.717, 1.165) is 12.1 Å². The molecule has 0 unspecified atom stereocenters. The van der Waals surface area contributed by atoms with Crippen LogP contribution in [0, 0.1) is 5.92 Å². The van der Waals surface area contributed by atoms with Gasteiger partial charge in [-0.25, -0.2) is 8.42 Å². The zero-order chi connectivity index (χ0) is 19.9. The molecule has 148 valence electrons.